The number of carbonyl (C=O) groups is 1. The summed E-state index contributed by atoms with van der Waals surface area (Å²) in [5.74, 6) is -0.481. The molecular formula is C17H22FN3O2. The van der Waals surface area contributed by atoms with Gasteiger partial charge in [0.2, 0.25) is 0 Å². The molecule has 6 heteroatoms. The summed E-state index contributed by atoms with van der Waals surface area (Å²) in [5, 5.41) is 13.0. The molecule has 2 heterocycles. The van der Waals surface area contributed by atoms with Crippen LogP contribution in [0, 0.1) is 5.82 Å². The second-order valence-corrected chi connectivity index (χ2v) is 6.10. The molecule has 1 amide bonds. The minimum atomic E-state index is -0.310. The lowest BCUT2D eigenvalue weighted by Crippen LogP contribution is -2.37. The number of aliphatic hydroxyl groups excluding tert-OH is 1. The molecule has 124 valence electrons. The van der Waals surface area contributed by atoms with Gasteiger partial charge in [0.1, 0.15) is 11.5 Å². The van der Waals surface area contributed by atoms with Gasteiger partial charge >= 0.3 is 0 Å². The van der Waals surface area contributed by atoms with E-state index in [-0.39, 0.29) is 17.8 Å². The van der Waals surface area contributed by atoms with Gasteiger partial charge in [-0.05, 0) is 50.1 Å². The number of hydrogen-bond donors (Lipinski definition) is 3. The first-order valence-corrected chi connectivity index (χ1v) is 8.09. The van der Waals surface area contributed by atoms with E-state index in [1.807, 2.05) is 0 Å². The Morgan fingerprint density at radius 2 is 2.13 bits per heavy atom. The van der Waals surface area contributed by atoms with Crippen LogP contribution in [0.2, 0.25) is 0 Å². The molecule has 23 heavy (non-hydrogen) atoms. The zero-order valence-corrected chi connectivity index (χ0v) is 13.0. The Labute approximate surface area is 134 Å². The number of aliphatic hydroxyl groups is 1. The number of halogens is 1. The van der Waals surface area contributed by atoms with E-state index in [2.05, 4.69) is 15.2 Å². The standard InChI is InChI=1S/C17H22FN3O2/c18-13-2-3-15-12(10-13)11-16(20-15)17(23)19-6-1-7-21-8-4-14(22)5-9-21/h2-3,10-11,14,20,22H,1,4-9H2,(H,19,23). The second-order valence-electron chi connectivity index (χ2n) is 6.10. The molecule has 1 aliphatic heterocycles. The third-order valence-corrected chi connectivity index (χ3v) is 4.32. The minimum absolute atomic E-state index is 0.155. The Kier molecular flexibility index (Phi) is 4.93. The van der Waals surface area contributed by atoms with E-state index in [0.29, 0.717) is 17.6 Å². The van der Waals surface area contributed by atoms with Crippen LogP contribution in [0.1, 0.15) is 29.8 Å². The number of nitrogens with one attached hydrogen (secondary N) is 2. The summed E-state index contributed by atoms with van der Waals surface area (Å²) in [6.45, 7) is 3.36. The number of aromatic nitrogens is 1. The quantitative estimate of drug-likeness (QED) is 0.737. The van der Waals surface area contributed by atoms with Crippen LogP contribution in [0.15, 0.2) is 24.3 Å². The third kappa shape index (κ3) is 4.09. The Bertz CT molecular complexity index is 678. The zero-order chi connectivity index (χ0) is 16.2. The van der Waals surface area contributed by atoms with E-state index >= 15 is 0 Å². The summed E-state index contributed by atoms with van der Waals surface area (Å²) in [7, 11) is 0. The molecule has 0 saturated carbocycles. The van der Waals surface area contributed by atoms with Crippen molar-refractivity contribution in [2.75, 3.05) is 26.2 Å². The maximum atomic E-state index is 13.2. The fourth-order valence-corrected chi connectivity index (χ4v) is 2.97. The number of rotatable bonds is 5. The van der Waals surface area contributed by atoms with Gasteiger partial charge < -0.3 is 20.3 Å². The number of hydrogen-bond acceptors (Lipinski definition) is 3. The van der Waals surface area contributed by atoms with Crippen molar-refractivity contribution in [3.05, 3.63) is 35.8 Å². The summed E-state index contributed by atoms with van der Waals surface area (Å²) in [5.41, 5.74) is 1.20. The highest BCUT2D eigenvalue weighted by molar-refractivity contribution is 5.97. The van der Waals surface area contributed by atoms with E-state index in [4.69, 9.17) is 0 Å². The van der Waals surface area contributed by atoms with Crippen LogP contribution in [-0.4, -0.2) is 53.2 Å². The lowest BCUT2D eigenvalue weighted by Gasteiger charge is -2.29. The first-order chi connectivity index (χ1) is 11.1. The van der Waals surface area contributed by atoms with Crippen LogP contribution >= 0.6 is 0 Å². The van der Waals surface area contributed by atoms with Crippen molar-refractivity contribution in [2.24, 2.45) is 0 Å². The number of aromatic amines is 1. The van der Waals surface area contributed by atoms with Crippen molar-refractivity contribution in [1.82, 2.24) is 15.2 Å². The average Bonchev–Trinajstić information content (AvgIpc) is 2.96. The summed E-state index contributed by atoms with van der Waals surface area (Å²) in [4.78, 5) is 17.4. The number of likely N-dealkylation sites (tertiary alicyclic amines) is 1. The van der Waals surface area contributed by atoms with Gasteiger partial charge in [0.05, 0.1) is 6.10 Å². The Morgan fingerprint density at radius 3 is 2.91 bits per heavy atom. The van der Waals surface area contributed by atoms with Gasteiger partial charge in [-0.15, -0.1) is 0 Å². The normalized spacial score (nSPS) is 16.8. The highest BCUT2D eigenvalue weighted by Gasteiger charge is 2.16. The molecule has 0 atom stereocenters. The topological polar surface area (TPSA) is 68.4 Å². The van der Waals surface area contributed by atoms with Gasteiger partial charge in [0, 0.05) is 30.5 Å². The molecule has 0 spiro atoms. The van der Waals surface area contributed by atoms with Crippen molar-refractivity contribution in [2.45, 2.75) is 25.4 Å². The minimum Gasteiger partial charge on any atom is -0.393 e. The number of amides is 1. The van der Waals surface area contributed by atoms with Gasteiger partial charge in [-0.1, -0.05) is 0 Å². The molecule has 1 aliphatic rings. The maximum absolute atomic E-state index is 13.2. The van der Waals surface area contributed by atoms with Crippen molar-refractivity contribution in [3.63, 3.8) is 0 Å². The summed E-state index contributed by atoms with van der Waals surface area (Å²) in [6.07, 6.45) is 2.38. The molecule has 2 aromatic rings. The monoisotopic (exact) mass is 319 g/mol. The average molecular weight is 319 g/mol. The van der Waals surface area contributed by atoms with Crippen LogP contribution < -0.4 is 5.32 Å². The van der Waals surface area contributed by atoms with Crippen LogP contribution in [0.3, 0.4) is 0 Å². The fraction of sp³-hybridized carbons (Fsp3) is 0.471. The van der Waals surface area contributed by atoms with E-state index in [1.54, 1.807) is 12.1 Å². The van der Waals surface area contributed by atoms with Gasteiger partial charge in [-0.25, -0.2) is 4.39 Å². The molecule has 3 N–H and O–H groups in total. The predicted molar refractivity (Wildman–Crippen MR) is 86.9 cm³/mol. The largest absolute Gasteiger partial charge is 0.393 e. The molecule has 0 unspecified atom stereocenters. The number of nitrogens with zero attached hydrogens (tertiary/aromatic N) is 1. The van der Waals surface area contributed by atoms with E-state index in [0.717, 1.165) is 44.4 Å². The second kappa shape index (κ2) is 7.10. The van der Waals surface area contributed by atoms with Crippen LogP contribution in [0.25, 0.3) is 10.9 Å². The number of H-pyrrole nitrogens is 1. The Morgan fingerprint density at radius 1 is 1.35 bits per heavy atom. The molecule has 1 aromatic carbocycles. The van der Waals surface area contributed by atoms with Crippen molar-refractivity contribution in [1.29, 1.82) is 0 Å². The van der Waals surface area contributed by atoms with Gasteiger partial charge in [0.25, 0.3) is 5.91 Å². The van der Waals surface area contributed by atoms with Crippen molar-refractivity contribution < 1.29 is 14.3 Å². The zero-order valence-electron chi connectivity index (χ0n) is 13.0. The number of piperidine rings is 1. The van der Waals surface area contributed by atoms with E-state index in [9.17, 15) is 14.3 Å². The highest BCUT2D eigenvalue weighted by atomic mass is 19.1. The summed E-state index contributed by atoms with van der Waals surface area (Å²) < 4.78 is 13.2. The molecular weight excluding hydrogens is 297 g/mol. The van der Waals surface area contributed by atoms with Gasteiger partial charge in [-0.2, -0.15) is 0 Å². The molecule has 3 rings (SSSR count). The SMILES string of the molecule is O=C(NCCCN1CCC(O)CC1)c1cc2cc(F)ccc2[nH]1. The lowest BCUT2D eigenvalue weighted by atomic mass is 10.1. The van der Waals surface area contributed by atoms with Crippen LogP contribution in [0.4, 0.5) is 4.39 Å². The molecule has 1 aromatic heterocycles. The molecule has 0 bridgehead atoms. The molecule has 1 saturated heterocycles. The Balaban J connectivity index is 1.45. The predicted octanol–water partition coefficient (Wildman–Crippen LogP) is 1.88. The molecule has 5 nitrogen and oxygen atoms in total. The first kappa shape index (κ1) is 16.0. The summed E-state index contributed by atoms with van der Waals surface area (Å²) >= 11 is 0. The summed E-state index contributed by atoms with van der Waals surface area (Å²) in [6, 6.07) is 6.08. The van der Waals surface area contributed by atoms with Crippen molar-refractivity contribution >= 4 is 16.8 Å². The molecule has 0 aliphatic carbocycles. The fourth-order valence-electron chi connectivity index (χ4n) is 2.97. The maximum Gasteiger partial charge on any atom is 0.267 e. The van der Waals surface area contributed by atoms with Gasteiger partial charge in [0.15, 0.2) is 0 Å². The lowest BCUT2D eigenvalue weighted by molar-refractivity contribution is 0.0816. The van der Waals surface area contributed by atoms with Crippen LogP contribution in [-0.2, 0) is 0 Å². The van der Waals surface area contributed by atoms with E-state index in [1.165, 1.54) is 12.1 Å². The number of fused-ring (bicyclic) bond motifs is 1. The van der Waals surface area contributed by atoms with E-state index < -0.39 is 0 Å². The van der Waals surface area contributed by atoms with Crippen LogP contribution in [0.5, 0.6) is 0 Å². The van der Waals surface area contributed by atoms with Crippen molar-refractivity contribution in [3.8, 4) is 0 Å². The third-order valence-electron chi connectivity index (χ3n) is 4.32. The number of carbonyl (C=O) groups excluding carboxylic acids is 1. The smallest absolute Gasteiger partial charge is 0.267 e. The molecule has 0 radical (unpaired) electrons. The molecule has 1 fully saturated rings. The van der Waals surface area contributed by atoms with Gasteiger partial charge in [-0.3, -0.25) is 4.79 Å². The highest BCUT2D eigenvalue weighted by Crippen LogP contribution is 2.16. The number of benzene rings is 1. The Hall–Kier alpha value is -1.92. The first-order valence-electron chi connectivity index (χ1n) is 8.09.